The summed E-state index contributed by atoms with van der Waals surface area (Å²) >= 11 is 0. The van der Waals surface area contributed by atoms with E-state index in [1.54, 1.807) is 10.9 Å². The lowest BCUT2D eigenvalue weighted by Gasteiger charge is -2.38. The number of aromatic nitrogens is 4. The van der Waals surface area contributed by atoms with E-state index in [2.05, 4.69) is 21.9 Å². The number of hydrogen-bond donors (Lipinski definition) is 2. The average molecular weight is 376 g/mol. The summed E-state index contributed by atoms with van der Waals surface area (Å²) in [5, 5.41) is 0. The van der Waals surface area contributed by atoms with E-state index in [0.29, 0.717) is 29.4 Å². The van der Waals surface area contributed by atoms with Crippen molar-refractivity contribution in [3.05, 3.63) is 12.7 Å². The summed E-state index contributed by atoms with van der Waals surface area (Å²) in [7, 11) is 0. The first kappa shape index (κ1) is 20.4. The summed E-state index contributed by atoms with van der Waals surface area (Å²) in [5.74, 6) is 0.973. The number of piperidine rings is 1. The number of rotatable bonds is 3. The van der Waals surface area contributed by atoms with Crippen molar-refractivity contribution in [2.75, 3.05) is 18.8 Å². The molecule has 2 atom stereocenters. The zero-order valence-electron chi connectivity index (χ0n) is 13.5. The quantitative estimate of drug-likeness (QED) is 0.820. The molecule has 0 bridgehead atoms. The highest BCUT2D eigenvalue weighted by Crippen LogP contribution is 2.22. The maximum absolute atomic E-state index is 12.6. The van der Waals surface area contributed by atoms with Gasteiger partial charge in [-0.15, -0.1) is 24.8 Å². The zero-order chi connectivity index (χ0) is 15.7. The molecule has 1 fully saturated rings. The number of carbonyl (C=O) groups excluding carboxylic acids is 1. The highest BCUT2D eigenvalue weighted by Gasteiger charge is 2.29. The lowest BCUT2D eigenvalue weighted by molar-refractivity contribution is -0.135. The number of anilines is 1. The van der Waals surface area contributed by atoms with Crippen molar-refractivity contribution in [3.63, 3.8) is 0 Å². The van der Waals surface area contributed by atoms with Crippen molar-refractivity contribution in [2.24, 2.45) is 11.7 Å². The van der Waals surface area contributed by atoms with E-state index in [9.17, 15) is 4.79 Å². The molecule has 2 aromatic heterocycles. The second-order valence-electron chi connectivity index (χ2n) is 5.91. The molecule has 2 aromatic rings. The number of carbonyl (C=O) groups is 1. The summed E-state index contributed by atoms with van der Waals surface area (Å²) in [5.41, 5.74) is 12.7. The Morgan fingerprint density at radius 2 is 2.08 bits per heavy atom. The first-order valence-electron chi connectivity index (χ1n) is 7.51. The molecule has 1 aliphatic heterocycles. The van der Waals surface area contributed by atoms with Gasteiger partial charge in [0, 0.05) is 19.1 Å². The van der Waals surface area contributed by atoms with Crippen LogP contribution < -0.4 is 11.5 Å². The largest absolute Gasteiger partial charge is 0.382 e. The first-order chi connectivity index (χ1) is 10.6. The number of fused-ring (bicyclic) bond motifs is 1. The number of nitrogen functional groups attached to an aromatic ring is 1. The summed E-state index contributed by atoms with van der Waals surface area (Å²) in [6, 6.07) is 0.116. The number of hydrogen-bond acceptors (Lipinski definition) is 6. The van der Waals surface area contributed by atoms with E-state index in [0.717, 1.165) is 19.4 Å². The Bertz CT molecular complexity index is 693. The Hall–Kier alpha value is -1.64. The second kappa shape index (κ2) is 8.46. The van der Waals surface area contributed by atoms with Crippen LogP contribution in [0, 0.1) is 5.92 Å². The van der Waals surface area contributed by atoms with Crippen LogP contribution in [-0.2, 0) is 11.3 Å². The standard InChI is InChI=1S/C14H21N7O.2ClH/c1-9-2-3-21(10(4-9)5-15)11(22)6-20-8-19-12-13(16)17-7-18-14(12)20;;/h7-10H,2-6,15H2,1H3,(H2,16,17,18);2*1H. The molecule has 0 aromatic carbocycles. The normalized spacial score (nSPS) is 20.3. The van der Waals surface area contributed by atoms with Crippen LogP contribution in [0.2, 0.25) is 0 Å². The highest BCUT2D eigenvalue weighted by molar-refractivity contribution is 5.85. The molecule has 1 aliphatic rings. The molecule has 0 saturated carbocycles. The lowest BCUT2D eigenvalue weighted by atomic mass is 9.92. The van der Waals surface area contributed by atoms with Crippen molar-refractivity contribution in [1.82, 2.24) is 24.4 Å². The molecule has 134 valence electrons. The minimum absolute atomic E-state index is 0. The van der Waals surface area contributed by atoms with Crippen molar-refractivity contribution < 1.29 is 4.79 Å². The van der Waals surface area contributed by atoms with Gasteiger partial charge in [0.25, 0.3) is 0 Å². The van der Waals surface area contributed by atoms with Gasteiger partial charge in [-0.1, -0.05) is 6.92 Å². The lowest BCUT2D eigenvalue weighted by Crippen LogP contribution is -2.50. The number of likely N-dealkylation sites (tertiary alicyclic amines) is 1. The molecule has 24 heavy (non-hydrogen) atoms. The maximum Gasteiger partial charge on any atom is 0.242 e. The predicted octanol–water partition coefficient (Wildman–Crippen LogP) is 0.838. The van der Waals surface area contributed by atoms with E-state index >= 15 is 0 Å². The Labute approximate surface area is 152 Å². The molecular weight excluding hydrogens is 353 g/mol. The van der Waals surface area contributed by atoms with Gasteiger partial charge in [0.05, 0.1) is 6.33 Å². The Morgan fingerprint density at radius 3 is 2.79 bits per heavy atom. The smallest absolute Gasteiger partial charge is 0.242 e. The zero-order valence-corrected chi connectivity index (χ0v) is 15.1. The first-order valence-corrected chi connectivity index (χ1v) is 7.51. The van der Waals surface area contributed by atoms with Gasteiger partial charge in [0.1, 0.15) is 18.4 Å². The minimum atomic E-state index is 0. The van der Waals surface area contributed by atoms with Crippen LogP contribution in [0.1, 0.15) is 19.8 Å². The third kappa shape index (κ3) is 3.88. The molecule has 4 N–H and O–H groups in total. The van der Waals surface area contributed by atoms with Crippen LogP contribution in [0.15, 0.2) is 12.7 Å². The van der Waals surface area contributed by atoms with Gasteiger partial charge in [0.15, 0.2) is 11.5 Å². The van der Waals surface area contributed by atoms with Crippen molar-refractivity contribution >= 4 is 47.7 Å². The third-order valence-corrected chi connectivity index (χ3v) is 4.31. The molecule has 0 aliphatic carbocycles. The molecule has 8 nitrogen and oxygen atoms in total. The number of amides is 1. The third-order valence-electron chi connectivity index (χ3n) is 4.31. The van der Waals surface area contributed by atoms with Crippen LogP contribution in [0.3, 0.4) is 0 Å². The number of halogens is 2. The summed E-state index contributed by atoms with van der Waals surface area (Å²) in [4.78, 5) is 26.8. The van der Waals surface area contributed by atoms with Gasteiger partial charge in [-0.2, -0.15) is 0 Å². The Morgan fingerprint density at radius 1 is 1.33 bits per heavy atom. The average Bonchev–Trinajstić information content (AvgIpc) is 2.91. The van der Waals surface area contributed by atoms with Crippen LogP contribution >= 0.6 is 24.8 Å². The SMILES string of the molecule is CC1CCN(C(=O)Cn2cnc3c(N)ncnc32)C(CN)C1.Cl.Cl. The van der Waals surface area contributed by atoms with Crippen LogP contribution in [0.4, 0.5) is 5.82 Å². The molecule has 1 saturated heterocycles. The van der Waals surface area contributed by atoms with Crippen LogP contribution in [0.25, 0.3) is 11.2 Å². The number of nitrogens with two attached hydrogens (primary N) is 2. The van der Waals surface area contributed by atoms with Crippen molar-refractivity contribution in [2.45, 2.75) is 32.4 Å². The monoisotopic (exact) mass is 375 g/mol. The van der Waals surface area contributed by atoms with Crippen LogP contribution in [0.5, 0.6) is 0 Å². The summed E-state index contributed by atoms with van der Waals surface area (Å²) in [6.07, 6.45) is 4.94. The summed E-state index contributed by atoms with van der Waals surface area (Å²) in [6.45, 7) is 3.65. The van der Waals surface area contributed by atoms with Gasteiger partial charge < -0.3 is 20.9 Å². The van der Waals surface area contributed by atoms with Crippen LogP contribution in [-0.4, -0.2) is 49.5 Å². The fraction of sp³-hybridized carbons (Fsp3) is 0.571. The number of nitrogens with zero attached hydrogens (tertiary/aromatic N) is 5. The molecule has 3 heterocycles. The van der Waals surface area contributed by atoms with E-state index < -0.39 is 0 Å². The van der Waals surface area contributed by atoms with E-state index in [1.165, 1.54) is 6.33 Å². The molecule has 0 radical (unpaired) electrons. The Kier molecular flexibility index (Phi) is 7.19. The highest BCUT2D eigenvalue weighted by atomic mass is 35.5. The fourth-order valence-corrected chi connectivity index (χ4v) is 3.05. The topological polar surface area (TPSA) is 116 Å². The van der Waals surface area contributed by atoms with Crippen molar-refractivity contribution in [3.8, 4) is 0 Å². The molecule has 1 amide bonds. The molecule has 3 rings (SSSR count). The molecular formula is C14H23Cl2N7O. The molecule has 10 heteroatoms. The maximum atomic E-state index is 12.6. The molecule has 2 unspecified atom stereocenters. The number of imidazole rings is 1. The molecule has 0 spiro atoms. The van der Waals surface area contributed by atoms with Gasteiger partial charge in [0.2, 0.25) is 5.91 Å². The van der Waals surface area contributed by atoms with Gasteiger partial charge in [-0.05, 0) is 18.8 Å². The summed E-state index contributed by atoms with van der Waals surface area (Å²) < 4.78 is 1.71. The van der Waals surface area contributed by atoms with E-state index in [4.69, 9.17) is 11.5 Å². The van der Waals surface area contributed by atoms with Crippen molar-refractivity contribution in [1.29, 1.82) is 0 Å². The fourth-order valence-electron chi connectivity index (χ4n) is 3.05. The van der Waals surface area contributed by atoms with Gasteiger partial charge in [-0.25, -0.2) is 15.0 Å². The van der Waals surface area contributed by atoms with E-state index in [-0.39, 0.29) is 43.3 Å². The van der Waals surface area contributed by atoms with E-state index in [1.807, 2.05) is 4.90 Å². The van der Waals surface area contributed by atoms with Gasteiger partial charge in [-0.3, -0.25) is 4.79 Å². The minimum Gasteiger partial charge on any atom is -0.382 e. The Balaban J connectivity index is 0.00000144. The second-order valence-corrected chi connectivity index (χ2v) is 5.91. The van der Waals surface area contributed by atoms with Gasteiger partial charge >= 0.3 is 0 Å². The predicted molar refractivity (Wildman–Crippen MR) is 97.2 cm³/mol.